The predicted molar refractivity (Wildman–Crippen MR) is 89.1 cm³/mol. The number of carboxylic acids is 1. The highest BCUT2D eigenvalue weighted by molar-refractivity contribution is 5.98. The molecule has 27 heavy (non-hydrogen) atoms. The number of carbonyl (C=O) groups excluding carboxylic acids is 1. The zero-order chi connectivity index (χ0) is 19.7. The fourth-order valence-corrected chi connectivity index (χ4v) is 3.33. The van der Waals surface area contributed by atoms with Crippen LogP contribution in [0, 0.1) is 23.4 Å². The minimum atomic E-state index is -1.35. The zero-order valence-electron chi connectivity index (χ0n) is 14.3. The van der Waals surface area contributed by atoms with Gasteiger partial charge in [-0.15, -0.1) is 0 Å². The summed E-state index contributed by atoms with van der Waals surface area (Å²) in [6.07, 6.45) is 0. The first-order valence-electron chi connectivity index (χ1n) is 8.13. The average Bonchev–Trinajstić information content (AvgIpc) is 3.09. The van der Waals surface area contributed by atoms with Gasteiger partial charge in [0.2, 0.25) is 0 Å². The zero-order valence-corrected chi connectivity index (χ0v) is 14.3. The van der Waals surface area contributed by atoms with Crippen LogP contribution in [0.3, 0.4) is 0 Å². The van der Waals surface area contributed by atoms with E-state index < -0.39 is 46.7 Å². The maximum Gasteiger partial charge on any atom is 0.308 e. The van der Waals surface area contributed by atoms with Crippen molar-refractivity contribution in [1.29, 1.82) is 0 Å². The number of methoxy groups -OCH3 is 1. The maximum absolute atomic E-state index is 14.2. The summed E-state index contributed by atoms with van der Waals surface area (Å²) >= 11 is 0. The largest absolute Gasteiger partial charge is 0.496 e. The molecule has 2 aromatic rings. The summed E-state index contributed by atoms with van der Waals surface area (Å²) in [6.45, 7) is -0.212. The number of halogens is 3. The maximum atomic E-state index is 14.2. The van der Waals surface area contributed by atoms with Gasteiger partial charge in [0.25, 0.3) is 5.91 Å². The van der Waals surface area contributed by atoms with E-state index in [9.17, 15) is 27.9 Å². The Hall–Kier alpha value is -3.03. The Balaban J connectivity index is 1.94. The standard InChI is InChI=1S/C19H16F3NO4/c1-27-15-7-6-14(21)17(22)16(15)18(24)23-8-12(13(9-23)19(25)26)10-2-4-11(20)5-3-10/h2-7,12-13H,8-9H2,1H3,(H,25,26)/t12-,13+/m1/s1. The molecule has 142 valence electrons. The molecule has 0 aliphatic carbocycles. The van der Waals surface area contributed by atoms with Crippen LogP contribution in [0.2, 0.25) is 0 Å². The summed E-state index contributed by atoms with van der Waals surface area (Å²) in [7, 11) is 1.22. The molecule has 1 heterocycles. The van der Waals surface area contributed by atoms with E-state index in [0.717, 1.165) is 17.0 Å². The third-order valence-electron chi connectivity index (χ3n) is 4.71. The SMILES string of the molecule is COc1ccc(F)c(F)c1C(=O)N1C[C@H](C(=O)O)[C@@H](c2ccc(F)cc2)C1. The van der Waals surface area contributed by atoms with Gasteiger partial charge >= 0.3 is 5.97 Å². The Morgan fingerprint density at radius 1 is 1.07 bits per heavy atom. The van der Waals surface area contributed by atoms with E-state index in [0.29, 0.717) is 5.56 Å². The smallest absolute Gasteiger partial charge is 0.308 e. The third-order valence-corrected chi connectivity index (χ3v) is 4.71. The van der Waals surface area contributed by atoms with Crippen molar-refractivity contribution in [3.8, 4) is 5.75 Å². The molecule has 1 N–H and O–H groups in total. The van der Waals surface area contributed by atoms with Gasteiger partial charge in [0.15, 0.2) is 11.6 Å². The van der Waals surface area contributed by atoms with Crippen LogP contribution in [-0.2, 0) is 4.79 Å². The molecule has 0 bridgehead atoms. The van der Waals surface area contributed by atoms with Crippen LogP contribution in [0.4, 0.5) is 13.2 Å². The molecule has 2 atom stereocenters. The van der Waals surface area contributed by atoms with Gasteiger partial charge < -0.3 is 14.7 Å². The molecule has 0 spiro atoms. The second kappa shape index (κ2) is 7.30. The number of carbonyl (C=O) groups is 2. The minimum absolute atomic E-state index is 0.0272. The first kappa shape index (κ1) is 18.8. The molecule has 1 aliphatic heterocycles. The van der Waals surface area contributed by atoms with Crippen LogP contribution >= 0.6 is 0 Å². The van der Waals surface area contributed by atoms with Gasteiger partial charge in [0, 0.05) is 19.0 Å². The lowest BCUT2D eigenvalue weighted by Crippen LogP contribution is -2.31. The van der Waals surface area contributed by atoms with Crippen molar-refractivity contribution in [2.75, 3.05) is 20.2 Å². The molecule has 8 heteroatoms. The van der Waals surface area contributed by atoms with Crippen LogP contribution in [-0.4, -0.2) is 42.1 Å². The number of amides is 1. The number of aliphatic carboxylic acids is 1. The molecule has 0 aromatic heterocycles. The van der Waals surface area contributed by atoms with Crippen molar-refractivity contribution in [3.05, 3.63) is 65.0 Å². The lowest BCUT2D eigenvalue weighted by Gasteiger charge is -2.18. The highest BCUT2D eigenvalue weighted by Gasteiger charge is 2.42. The first-order valence-corrected chi connectivity index (χ1v) is 8.13. The van der Waals surface area contributed by atoms with Crippen molar-refractivity contribution in [1.82, 2.24) is 4.90 Å². The Bertz CT molecular complexity index is 885. The van der Waals surface area contributed by atoms with Crippen LogP contribution in [0.15, 0.2) is 36.4 Å². The van der Waals surface area contributed by atoms with Gasteiger partial charge in [-0.3, -0.25) is 9.59 Å². The van der Waals surface area contributed by atoms with Crippen molar-refractivity contribution < 1.29 is 32.6 Å². The molecule has 1 saturated heterocycles. The topological polar surface area (TPSA) is 66.8 Å². The average molecular weight is 379 g/mol. The van der Waals surface area contributed by atoms with Gasteiger partial charge in [-0.05, 0) is 29.8 Å². The van der Waals surface area contributed by atoms with Gasteiger partial charge in [-0.1, -0.05) is 12.1 Å². The van der Waals surface area contributed by atoms with Crippen LogP contribution in [0.5, 0.6) is 5.75 Å². The third kappa shape index (κ3) is 3.47. The number of hydrogen-bond donors (Lipinski definition) is 1. The van der Waals surface area contributed by atoms with Crippen molar-refractivity contribution >= 4 is 11.9 Å². The van der Waals surface area contributed by atoms with Crippen molar-refractivity contribution in [3.63, 3.8) is 0 Å². The van der Waals surface area contributed by atoms with E-state index in [-0.39, 0.29) is 18.8 Å². The molecule has 1 aliphatic rings. The van der Waals surface area contributed by atoms with Crippen LogP contribution < -0.4 is 4.74 Å². The highest BCUT2D eigenvalue weighted by Crippen LogP contribution is 2.35. The molecule has 5 nitrogen and oxygen atoms in total. The van der Waals surface area contributed by atoms with E-state index in [1.807, 2.05) is 0 Å². The molecule has 0 unspecified atom stereocenters. The number of nitrogens with zero attached hydrogens (tertiary/aromatic N) is 1. The highest BCUT2D eigenvalue weighted by atomic mass is 19.2. The molecule has 0 radical (unpaired) electrons. The van der Waals surface area contributed by atoms with Crippen LogP contribution in [0.25, 0.3) is 0 Å². The number of likely N-dealkylation sites (tertiary alicyclic amines) is 1. The Labute approximate surface area is 153 Å². The van der Waals surface area contributed by atoms with E-state index >= 15 is 0 Å². The Morgan fingerprint density at radius 2 is 1.74 bits per heavy atom. The second-order valence-electron chi connectivity index (χ2n) is 6.25. The number of carboxylic acid groups (broad SMARTS) is 1. The van der Waals surface area contributed by atoms with Gasteiger partial charge in [0.05, 0.1) is 13.0 Å². The van der Waals surface area contributed by atoms with E-state index in [4.69, 9.17) is 4.74 Å². The minimum Gasteiger partial charge on any atom is -0.496 e. The van der Waals surface area contributed by atoms with Gasteiger partial charge in [-0.25, -0.2) is 13.2 Å². The summed E-state index contributed by atoms with van der Waals surface area (Å²) in [5.74, 6) is -6.72. The summed E-state index contributed by atoms with van der Waals surface area (Å²) in [5.41, 5.74) is -0.0350. The van der Waals surface area contributed by atoms with E-state index in [1.54, 1.807) is 0 Å². The first-order chi connectivity index (χ1) is 12.8. The van der Waals surface area contributed by atoms with Gasteiger partial charge in [0.1, 0.15) is 17.1 Å². The predicted octanol–water partition coefficient (Wildman–Crippen LogP) is 3.05. The summed E-state index contributed by atoms with van der Waals surface area (Å²) in [6, 6.07) is 7.28. The number of ether oxygens (including phenoxy) is 1. The molecular weight excluding hydrogens is 363 g/mol. The van der Waals surface area contributed by atoms with Crippen molar-refractivity contribution in [2.24, 2.45) is 5.92 Å². The molecular formula is C19H16F3NO4. The van der Waals surface area contributed by atoms with Crippen LogP contribution in [0.1, 0.15) is 21.8 Å². The Morgan fingerprint density at radius 3 is 2.33 bits per heavy atom. The summed E-state index contributed by atoms with van der Waals surface area (Å²) in [4.78, 5) is 25.6. The Kier molecular flexibility index (Phi) is 5.07. The fourth-order valence-electron chi connectivity index (χ4n) is 3.33. The molecule has 1 amide bonds. The number of hydrogen-bond acceptors (Lipinski definition) is 3. The monoisotopic (exact) mass is 379 g/mol. The quantitative estimate of drug-likeness (QED) is 0.887. The van der Waals surface area contributed by atoms with Crippen molar-refractivity contribution in [2.45, 2.75) is 5.92 Å². The van der Waals surface area contributed by atoms with E-state index in [1.165, 1.54) is 31.4 Å². The normalized spacial score (nSPS) is 19.2. The lowest BCUT2D eigenvalue weighted by atomic mass is 9.89. The van der Waals surface area contributed by atoms with E-state index in [2.05, 4.69) is 0 Å². The summed E-state index contributed by atoms with van der Waals surface area (Å²) in [5, 5.41) is 9.50. The number of rotatable bonds is 4. The second-order valence-corrected chi connectivity index (χ2v) is 6.25. The molecule has 1 fully saturated rings. The molecule has 2 aromatic carbocycles. The molecule has 0 saturated carbocycles. The molecule has 3 rings (SSSR count). The number of benzene rings is 2. The fraction of sp³-hybridized carbons (Fsp3) is 0.263. The lowest BCUT2D eigenvalue weighted by molar-refractivity contribution is -0.141. The van der Waals surface area contributed by atoms with Gasteiger partial charge in [-0.2, -0.15) is 0 Å². The summed E-state index contributed by atoms with van der Waals surface area (Å²) < 4.78 is 45.9.